The van der Waals surface area contributed by atoms with Gasteiger partial charge in [0.2, 0.25) is 0 Å². The average molecular weight is 450 g/mol. The fourth-order valence-electron chi connectivity index (χ4n) is 6.25. The number of hydrogen-bond donors (Lipinski definition) is 1. The first kappa shape index (κ1) is 20.9. The largest absolute Gasteiger partial charge is 0.478 e. The van der Waals surface area contributed by atoms with Crippen molar-refractivity contribution < 1.29 is 14.3 Å². The van der Waals surface area contributed by atoms with Crippen molar-refractivity contribution >= 4 is 5.97 Å². The van der Waals surface area contributed by atoms with Gasteiger partial charge in [0.1, 0.15) is 5.69 Å². The van der Waals surface area contributed by atoms with E-state index >= 15 is 0 Å². The molecule has 1 N–H and O–H groups in total. The zero-order valence-electron chi connectivity index (χ0n) is 18.9. The van der Waals surface area contributed by atoms with Crippen molar-refractivity contribution in [3.05, 3.63) is 102 Å². The maximum absolute atomic E-state index is 11.5. The number of fused-ring (bicyclic) bond motifs is 2. The van der Waals surface area contributed by atoms with Gasteiger partial charge in [-0.25, -0.2) is 9.78 Å². The highest BCUT2D eigenvalue weighted by Crippen LogP contribution is 2.58. The van der Waals surface area contributed by atoms with Gasteiger partial charge in [-0.3, -0.25) is 0 Å². The molecule has 170 valence electrons. The third-order valence-electron chi connectivity index (χ3n) is 7.75. The zero-order valence-corrected chi connectivity index (χ0v) is 18.9. The monoisotopic (exact) mass is 449 g/mol. The minimum absolute atomic E-state index is 0.257. The standard InChI is InChI=1S/C30H27NO3/c32-30(33)24-13-7-8-19(16-24)17-25-22-14-15-23(18-22)26(25)29-31-27(20-9-3-1-4-10-20)28(34-29)21-11-5-2-6-12-21/h1-13,16,22-23,25-26H,14-15,17-18H2,(H,32,33). The third-order valence-corrected chi connectivity index (χ3v) is 7.75. The van der Waals surface area contributed by atoms with E-state index in [1.165, 1.54) is 19.3 Å². The van der Waals surface area contributed by atoms with Crippen LogP contribution in [0.1, 0.15) is 47.0 Å². The van der Waals surface area contributed by atoms with Crippen LogP contribution in [0, 0.1) is 17.8 Å². The molecule has 6 rings (SSSR count). The second-order valence-corrected chi connectivity index (χ2v) is 9.69. The Labute approximate surface area is 199 Å². The predicted octanol–water partition coefficient (Wildman–Crippen LogP) is 7.08. The molecule has 2 bridgehead atoms. The second kappa shape index (κ2) is 8.60. The van der Waals surface area contributed by atoms with Crippen molar-refractivity contribution in [2.75, 3.05) is 0 Å². The van der Waals surface area contributed by atoms with E-state index in [-0.39, 0.29) is 5.92 Å². The summed E-state index contributed by atoms with van der Waals surface area (Å²) < 4.78 is 6.62. The van der Waals surface area contributed by atoms with Gasteiger partial charge in [0.15, 0.2) is 11.7 Å². The normalized spacial score (nSPS) is 23.3. The molecular weight excluding hydrogens is 422 g/mol. The van der Waals surface area contributed by atoms with Gasteiger partial charge in [0.05, 0.1) is 5.56 Å². The van der Waals surface area contributed by atoms with E-state index in [9.17, 15) is 9.90 Å². The Balaban J connectivity index is 1.40. The van der Waals surface area contributed by atoms with E-state index in [1.807, 2.05) is 48.5 Å². The highest BCUT2D eigenvalue weighted by atomic mass is 16.4. The number of hydrogen-bond acceptors (Lipinski definition) is 3. The first-order valence-corrected chi connectivity index (χ1v) is 12.1. The van der Waals surface area contributed by atoms with Crippen LogP contribution in [0.15, 0.2) is 89.3 Å². The Morgan fingerprint density at radius 1 is 0.882 bits per heavy atom. The van der Waals surface area contributed by atoms with Crippen molar-refractivity contribution in [3.8, 4) is 22.6 Å². The van der Waals surface area contributed by atoms with E-state index < -0.39 is 5.97 Å². The van der Waals surface area contributed by atoms with Crippen molar-refractivity contribution in [1.82, 2.24) is 4.98 Å². The summed E-state index contributed by atoms with van der Waals surface area (Å²) in [5, 5.41) is 9.43. The van der Waals surface area contributed by atoms with Crippen LogP contribution in [0.5, 0.6) is 0 Å². The zero-order chi connectivity index (χ0) is 23.1. The molecule has 4 nitrogen and oxygen atoms in total. The number of nitrogens with zero attached hydrogens (tertiary/aromatic N) is 1. The summed E-state index contributed by atoms with van der Waals surface area (Å²) in [7, 11) is 0. The van der Waals surface area contributed by atoms with Gasteiger partial charge in [-0.05, 0) is 61.1 Å². The number of carboxylic acid groups (broad SMARTS) is 1. The topological polar surface area (TPSA) is 63.3 Å². The van der Waals surface area contributed by atoms with Gasteiger partial charge in [-0.2, -0.15) is 0 Å². The van der Waals surface area contributed by atoms with Gasteiger partial charge in [-0.15, -0.1) is 0 Å². The number of benzene rings is 3. The average Bonchev–Trinajstić information content (AvgIpc) is 3.60. The fraction of sp³-hybridized carbons (Fsp3) is 0.267. The number of carboxylic acids is 1. The van der Waals surface area contributed by atoms with Gasteiger partial charge in [-0.1, -0.05) is 72.8 Å². The van der Waals surface area contributed by atoms with E-state index in [2.05, 4.69) is 30.3 Å². The lowest BCUT2D eigenvalue weighted by Gasteiger charge is -2.29. The molecule has 2 aliphatic carbocycles. The van der Waals surface area contributed by atoms with Crippen LogP contribution < -0.4 is 0 Å². The first-order valence-electron chi connectivity index (χ1n) is 12.1. The van der Waals surface area contributed by atoms with E-state index in [4.69, 9.17) is 9.40 Å². The maximum Gasteiger partial charge on any atom is 0.335 e. The molecule has 4 unspecified atom stereocenters. The molecule has 1 aromatic heterocycles. The minimum atomic E-state index is -0.876. The van der Waals surface area contributed by atoms with Crippen LogP contribution in [0.2, 0.25) is 0 Å². The predicted molar refractivity (Wildman–Crippen MR) is 132 cm³/mol. The van der Waals surface area contributed by atoms with Gasteiger partial charge in [0, 0.05) is 17.0 Å². The van der Waals surface area contributed by atoms with Crippen molar-refractivity contribution in [3.63, 3.8) is 0 Å². The Kier molecular flexibility index (Phi) is 5.29. The van der Waals surface area contributed by atoms with E-state index in [0.29, 0.717) is 23.3 Å². The van der Waals surface area contributed by atoms with Crippen LogP contribution in [-0.2, 0) is 6.42 Å². The Hall–Kier alpha value is -3.66. The molecule has 4 aromatic rings. The number of aromatic carboxylic acids is 1. The maximum atomic E-state index is 11.5. The third kappa shape index (κ3) is 3.73. The summed E-state index contributed by atoms with van der Waals surface area (Å²) in [5.41, 5.74) is 4.43. The quantitative estimate of drug-likeness (QED) is 0.342. The summed E-state index contributed by atoms with van der Waals surface area (Å²) in [6.45, 7) is 0. The lowest BCUT2D eigenvalue weighted by molar-refractivity contribution is 0.0696. The van der Waals surface area contributed by atoms with Gasteiger partial charge >= 0.3 is 5.97 Å². The van der Waals surface area contributed by atoms with E-state index in [0.717, 1.165) is 40.5 Å². The number of oxazole rings is 1. The SMILES string of the molecule is O=C(O)c1cccc(CC2C3CCC(C3)C2c2nc(-c3ccccc3)c(-c3ccccc3)o2)c1. The lowest BCUT2D eigenvalue weighted by Crippen LogP contribution is -2.23. The summed E-state index contributed by atoms with van der Waals surface area (Å²) >= 11 is 0. The first-order chi connectivity index (χ1) is 16.7. The Bertz CT molecular complexity index is 1250. The smallest absolute Gasteiger partial charge is 0.335 e. The van der Waals surface area contributed by atoms with Gasteiger partial charge in [0.25, 0.3) is 0 Å². The molecule has 34 heavy (non-hydrogen) atoms. The molecule has 2 fully saturated rings. The number of rotatable bonds is 6. The molecule has 0 aliphatic heterocycles. The molecule has 0 radical (unpaired) electrons. The van der Waals surface area contributed by atoms with Crippen molar-refractivity contribution in [2.45, 2.75) is 31.6 Å². The van der Waals surface area contributed by atoms with Crippen LogP contribution in [-0.4, -0.2) is 16.1 Å². The summed E-state index contributed by atoms with van der Waals surface area (Å²) in [4.78, 5) is 16.6. The molecule has 0 saturated heterocycles. The summed E-state index contributed by atoms with van der Waals surface area (Å²) in [5.74, 6) is 2.67. The Morgan fingerprint density at radius 3 is 2.32 bits per heavy atom. The van der Waals surface area contributed by atoms with Crippen LogP contribution in [0.4, 0.5) is 0 Å². The molecule has 0 amide bonds. The second-order valence-electron chi connectivity index (χ2n) is 9.69. The number of carbonyl (C=O) groups is 1. The molecule has 2 aliphatic rings. The fourth-order valence-corrected chi connectivity index (χ4v) is 6.25. The lowest BCUT2D eigenvalue weighted by atomic mass is 9.76. The van der Waals surface area contributed by atoms with Crippen molar-refractivity contribution in [2.24, 2.45) is 17.8 Å². The molecule has 4 heteroatoms. The number of aromatic nitrogens is 1. The van der Waals surface area contributed by atoms with Crippen LogP contribution >= 0.6 is 0 Å². The highest BCUT2D eigenvalue weighted by Gasteiger charge is 2.50. The molecule has 1 heterocycles. The molecule has 4 atom stereocenters. The molecule has 3 aromatic carbocycles. The van der Waals surface area contributed by atoms with E-state index in [1.54, 1.807) is 6.07 Å². The van der Waals surface area contributed by atoms with Crippen LogP contribution in [0.25, 0.3) is 22.6 Å². The Morgan fingerprint density at radius 2 is 1.59 bits per heavy atom. The molecule has 0 spiro atoms. The molecule has 2 saturated carbocycles. The minimum Gasteiger partial charge on any atom is -0.478 e. The van der Waals surface area contributed by atoms with Crippen molar-refractivity contribution in [1.29, 1.82) is 0 Å². The summed E-state index contributed by atoms with van der Waals surface area (Å²) in [6.07, 6.45) is 4.52. The van der Waals surface area contributed by atoms with Crippen LogP contribution in [0.3, 0.4) is 0 Å². The summed E-state index contributed by atoms with van der Waals surface area (Å²) in [6, 6.07) is 27.9. The highest BCUT2D eigenvalue weighted by molar-refractivity contribution is 5.87. The molecular formula is C30H27NO3. The van der Waals surface area contributed by atoms with Gasteiger partial charge < -0.3 is 9.52 Å².